The number of hydrogen-bond donors (Lipinski definition) is 2. The van der Waals surface area contributed by atoms with E-state index in [4.69, 9.17) is 5.73 Å². The van der Waals surface area contributed by atoms with E-state index < -0.39 is 4.92 Å². The molecular formula is C14H22ClN3O3. The van der Waals surface area contributed by atoms with Crippen LogP contribution >= 0.6 is 12.4 Å². The molecular weight excluding hydrogens is 294 g/mol. The topological polar surface area (TPSA) is 98.3 Å². The van der Waals surface area contributed by atoms with Crippen molar-refractivity contribution in [3.8, 4) is 0 Å². The third-order valence-corrected chi connectivity index (χ3v) is 3.04. The number of halogens is 1. The lowest BCUT2D eigenvalue weighted by Gasteiger charge is -2.18. The molecule has 118 valence electrons. The molecule has 0 aliphatic carbocycles. The second-order valence-electron chi connectivity index (χ2n) is 5.29. The molecule has 1 amide bonds. The Morgan fingerprint density at radius 2 is 2.05 bits per heavy atom. The lowest BCUT2D eigenvalue weighted by molar-refractivity contribution is -0.385. The Labute approximate surface area is 130 Å². The molecule has 0 fully saturated rings. The number of nitro groups is 1. The number of rotatable bonds is 6. The van der Waals surface area contributed by atoms with Crippen LogP contribution in [0, 0.1) is 23.0 Å². The van der Waals surface area contributed by atoms with E-state index >= 15 is 0 Å². The van der Waals surface area contributed by atoms with Crippen molar-refractivity contribution in [3.63, 3.8) is 0 Å². The Morgan fingerprint density at radius 3 is 2.52 bits per heavy atom. The molecule has 21 heavy (non-hydrogen) atoms. The van der Waals surface area contributed by atoms with Crippen molar-refractivity contribution in [1.29, 1.82) is 0 Å². The van der Waals surface area contributed by atoms with Crippen molar-refractivity contribution in [3.05, 3.63) is 39.4 Å². The highest BCUT2D eigenvalue weighted by atomic mass is 35.5. The van der Waals surface area contributed by atoms with Gasteiger partial charge in [0.2, 0.25) is 0 Å². The molecule has 1 aromatic carbocycles. The first-order valence-corrected chi connectivity index (χ1v) is 6.61. The Morgan fingerprint density at radius 1 is 1.43 bits per heavy atom. The fourth-order valence-corrected chi connectivity index (χ4v) is 2.00. The average Bonchev–Trinajstić information content (AvgIpc) is 2.37. The molecule has 1 aromatic rings. The van der Waals surface area contributed by atoms with Gasteiger partial charge in [-0.2, -0.15) is 0 Å². The normalized spacial score (nSPS) is 11.7. The molecule has 0 spiro atoms. The van der Waals surface area contributed by atoms with Gasteiger partial charge in [-0.05, 0) is 25.3 Å². The number of nitrogens with one attached hydrogen (secondary N) is 1. The molecule has 0 heterocycles. The van der Waals surface area contributed by atoms with E-state index in [1.807, 2.05) is 13.8 Å². The standard InChI is InChI=1S/C14H21N3O3.ClH/c1-9(2)6-12(8-15)16-14(18)11-5-4-10(3)13(7-11)17(19)20;/h4-5,7,9,12H,6,8,15H2,1-3H3,(H,16,18);1H. The summed E-state index contributed by atoms with van der Waals surface area (Å²) >= 11 is 0. The highest BCUT2D eigenvalue weighted by molar-refractivity contribution is 5.95. The minimum Gasteiger partial charge on any atom is -0.348 e. The van der Waals surface area contributed by atoms with Gasteiger partial charge in [0.1, 0.15) is 0 Å². The van der Waals surface area contributed by atoms with Crippen molar-refractivity contribution < 1.29 is 9.72 Å². The van der Waals surface area contributed by atoms with Gasteiger partial charge in [-0.15, -0.1) is 12.4 Å². The van der Waals surface area contributed by atoms with Crippen LogP contribution in [0.3, 0.4) is 0 Å². The molecule has 0 aliphatic heterocycles. The first-order valence-electron chi connectivity index (χ1n) is 6.61. The Kier molecular flexibility index (Phi) is 7.91. The summed E-state index contributed by atoms with van der Waals surface area (Å²) in [6.07, 6.45) is 0.774. The molecule has 3 N–H and O–H groups in total. The molecule has 0 radical (unpaired) electrons. The molecule has 0 aliphatic rings. The molecule has 7 heteroatoms. The molecule has 0 saturated carbocycles. The third kappa shape index (κ3) is 5.69. The number of nitrogens with two attached hydrogens (primary N) is 1. The summed E-state index contributed by atoms with van der Waals surface area (Å²) in [5, 5.41) is 13.7. The zero-order valence-corrected chi connectivity index (χ0v) is 13.3. The van der Waals surface area contributed by atoms with Crippen LogP contribution in [-0.4, -0.2) is 23.4 Å². The lowest BCUT2D eigenvalue weighted by atomic mass is 10.0. The quantitative estimate of drug-likeness (QED) is 0.622. The van der Waals surface area contributed by atoms with Crippen molar-refractivity contribution in [2.45, 2.75) is 33.2 Å². The van der Waals surface area contributed by atoms with Crippen LogP contribution in [0.25, 0.3) is 0 Å². The smallest absolute Gasteiger partial charge is 0.273 e. The maximum Gasteiger partial charge on any atom is 0.273 e. The number of carbonyl (C=O) groups is 1. The first kappa shape index (κ1) is 19.3. The Bertz CT molecular complexity index is 506. The highest BCUT2D eigenvalue weighted by Gasteiger charge is 2.17. The molecule has 6 nitrogen and oxygen atoms in total. The fraction of sp³-hybridized carbons (Fsp3) is 0.500. The summed E-state index contributed by atoms with van der Waals surface area (Å²) < 4.78 is 0. The highest BCUT2D eigenvalue weighted by Crippen LogP contribution is 2.19. The van der Waals surface area contributed by atoms with Gasteiger partial charge < -0.3 is 11.1 Å². The van der Waals surface area contributed by atoms with Crippen LogP contribution in [0.1, 0.15) is 36.2 Å². The summed E-state index contributed by atoms with van der Waals surface area (Å²) in [5.74, 6) is 0.0837. The third-order valence-electron chi connectivity index (χ3n) is 3.04. The largest absolute Gasteiger partial charge is 0.348 e. The maximum absolute atomic E-state index is 12.1. The summed E-state index contributed by atoms with van der Waals surface area (Å²) in [7, 11) is 0. The second kappa shape index (κ2) is 8.59. The SMILES string of the molecule is Cc1ccc(C(=O)NC(CN)CC(C)C)cc1[N+](=O)[O-].Cl. The number of carbonyl (C=O) groups excluding carboxylic acids is 1. The zero-order valence-electron chi connectivity index (χ0n) is 12.5. The summed E-state index contributed by atoms with van der Waals surface area (Å²) in [4.78, 5) is 22.5. The number of amides is 1. The minimum absolute atomic E-state index is 0. The van der Waals surface area contributed by atoms with Gasteiger partial charge in [-0.3, -0.25) is 14.9 Å². The van der Waals surface area contributed by atoms with Gasteiger partial charge in [0.25, 0.3) is 11.6 Å². The van der Waals surface area contributed by atoms with Gasteiger partial charge >= 0.3 is 0 Å². The van der Waals surface area contributed by atoms with Gasteiger partial charge in [0.05, 0.1) is 4.92 Å². The molecule has 1 rings (SSSR count). The Hall–Kier alpha value is -1.66. The molecule has 0 bridgehead atoms. The predicted octanol–water partition coefficient (Wildman–Crippen LogP) is 2.43. The van der Waals surface area contributed by atoms with Crippen LogP contribution in [-0.2, 0) is 0 Å². The van der Waals surface area contributed by atoms with Crippen LogP contribution in [0.2, 0.25) is 0 Å². The molecule has 1 atom stereocenters. The number of hydrogen-bond acceptors (Lipinski definition) is 4. The fourth-order valence-electron chi connectivity index (χ4n) is 2.00. The molecule has 0 saturated heterocycles. The van der Waals surface area contributed by atoms with Crippen LogP contribution in [0.15, 0.2) is 18.2 Å². The van der Waals surface area contributed by atoms with Gasteiger partial charge in [-0.25, -0.2) is 0 Å². The number of benzene rings is 1. The summed E-state index contributed by atoms with van der Waals surface area (Å²) in [5.41, 5.74) is 6.39. The van der Waals surface area contributed by atoms with Crippen molar-refractivity contribution in [2.24, 2.45) is 11.7 Å². The maximum atomic E-state index is 12.1. The summed E-state index contributed by atoms with van der Waals surface area (Å²) in [6.45, 7) is 6.08. The van der Waals surface area contributed by atoms with Crippen molar-refractivity contribution in [2.75, 3.05) is 6.54 Å². The molecule has 0 aromatic heterocycles. The van der Waals surface area contributed by atoms with E-state index in [0.717, 1.165) is 6.42 Å². The first-order chi connectivity index (χ1) is 9.35. The second-order valence-corrected chi connectivity index (χ2v) is 5.29. The number of nitrogens with zero attached hydrogens (tertiary/aromatic N) is 1. The van der Waals surface area contributed by atoms with Gasteiger partial charge in [-0.1, -0.05) is 19.9 Å². The minimum atomic E-state index is -0.485. The van der Waals surface area contributed by atoms with E-state index in [0.29, 0.717) is 18.0 Å². The van der Waals surface area contributed by atoms with Crippen LogP contribution < -0.4 is 11.1 Å². The average molecular weight is 316 g/mol. The van der Waals surface area contributed by atoms with E-state index in [2.05, 4.69) is 5.32 Å². The van der Waals surface area contributed by atoms with Crippen molar-refractivity contribution >= 4 is 24.0 Å². The monoisotopic (exact) mass is 315 g/mol. The molecule has 1 unspecified atom stereocenters. The van der Waals surface area contributed by atoms with Crippen molar-refractivity contribution in [1.82, 2.24) is 5.32 Å². The number of nitro benzene ring substituents is 1. The number of aryl methyl sites for hydroxylation is 1. The van der Waals surface area contributed by atoms with Crippen LogP contribution in [0.5, 0.6) is 0 Å². The zero-order chi connectivity index (χ0) is 15.3. The van der Waals surface area contributed by atoms with E-state index in [1.165, 1.54) is 6.07 Å². The van der Waals surface area contributed by atoms with E-state index in [1.54, 1.807) is 19.1 Å². The van der Waals surface area contributed by atoms with Crippen LogP contribution in [0.4, 0.5) is 5.69 Å². The summed E-state index contributed by atoms with van der Waals surface area (Å²) in [6, 6.07) is 4.34. The van der Waals surface area contributed by atoms with Gasteiger partial charge in [0.15, 0.2) is 0 Å². The predicted molar refractivity (Wildman–Crippen MR) is 84.8 cm³/mol. The Balaban J connectivity index is 0.00000400. The lowest BCUT2D eigenvalue weighted by Crippen LogP contribution is -2.41. The van der Waals surface area contributed by atoms with Gasteiger partial charge in [0, 0.05) is 29.8 Å². The van der Waals surface area contributed by atoms with E-state index in [9.17, 15) is 14.9 Å². The van der Waals surface area contributed by atoms with E-state index in [-0.39, 0.29) is 35.6 Å².